The average molecular weight is 622 g/mol. The molecule has 0 aliphatic rings. The van der Waals surface area contributed by atoms with Gasteiger partial charge >= 0.3 is 12.1 Å². The maximum absolute atomic E-state index is 15.5. The van der Waals surface area contributed by atoms with Crippen LogP contribution in [0.2, 0.25) is 0 Å². The lowest BCUT2D eigenvalue weighted by atomic mass is 10.0. The summed E-state index contributed by atoms with van der Waals surface area (Å²) in [6, 6.07) is 15.7. The molecule has 0 aliphatic carbocycles. The number of amides is 1. The molecule has 3 aromatic carbocycles. The molecular formula is C33H30F3N3O6. The monoisotopic (exact) mass is 621 g/mol. The van der Waals surface area contributed by atoms with Crippen molar-refractivity contribution >= 4 is 29.4 Å². The van der Waals surface area contributed by atoms with E-state index in [2.05, 4.69) is 10.3 Å². The third-order valence-corrected chi connectivity index (χ3v) is 6.54. The Hall–Kier alpha value is -5.39. The molecule has 1 atom stereocenters. The zero-order valence-electron chi connectivity index (χ0n) is 24.6. The second-order valence-electron chi connectivity index (χ2n) is 11.2. The zero-order valence-corrected chi connectivity index (χ0v) is 24.6. The number of benzene rings is 3. The number of carboxylic acid groups (broad SMARTS) is 1. The number of H-pyrrole nitrogens is 1. The molecule has 4 rings (SSSR count). The van der Waals surface area contributed by atoms with Crippen LogP contribution in [0.5, 0.6) is 0 Å². The second-order valence-corrected chi connectivity index (χ2v) is 11.2. The number of aromatic nitrogens is 1. The van der Waals surface area contributed by atoms with Gasteiger partial charge in [-0.1, -0.05) is 30.3 Å². The van der Waals surface area contributed by atoms with Crippen LogP contribution in [0, 0.1) is 17.5 Å². The fourth-order valence-corrected chi connectivity index (χ4v) is 4.47. The van der Waals surface area contributed by atoms with Crippen LogP contribution in [0.4, 0.5) is 29.5 Å². The van der Waals surface area contributed by atoms with Gasteiger partial charge in [-0.2, -0.15) is 0 Å². The molecule has 1 aromatic heterocycles. The minimum atomic E-state index is -1.44. The largest absolute Gasteiger partial charge is 0.480 e. The Morgan fingerprint density at radius 3 is 2.11 bits per heavy atom. The zero-order chi connectivity index (χ0) is 32.9. The summed E-state index contributed by atoms with van der Waals surface area (Å²) < 4.78 is 49.7. The number of carboxylic acids is 1. The molecule has 9 nitrogen and oxygen atoms in total. The minimum absolute atomic E-state index is 0.0634. The summed E-state index contributed by atoms with van der Waals surface area (Å²) >= 11 is 0. The molecule has 0 saturated heterocycles. The number of anilines is 2. The number of aromatic amines is 1. The molecule has 0 unspecified atom stereocenters. The van der Waals surface area contributed by atoms with Gasteiger partial charge in [0.25, 0.3) is 0 Å². The van der Waals surface area contributed by atoms with Gasteiger partial charge < -0.3 is 20.1 Å². The average Bonchev–Trinajstić information content (AvgIpc) is 2.96. The molecule has 4 aromatic rings. The van der Waals surface area contributed by atoms with Crippen molar-refractivity contribution in [1.29, 1.82) is 0 Å². The number of aliphatic carboxylic acids is 1. The minimum Gasteiger partial charge on any atom is -0.480 e. The van der Waals surface area contributed by atoms with E-state index in [-0.39, 0.29) is 28.9 Å². The van der Waals surface area contributed by atoms with E-state index in [1.165, 1.54) is 12.1 Å². The number of halogens is 3. The van der Waals surface area contributed by atoms with Crippen LogP contribution < -0.4 is 10.9 Å². The first-order valence-electron chi connectivity index (χ1n) is 13.8. The molecule has 0 saturated carbocycles. The van der Waals surface area contributed by atoms with E-state index in [4.69, 9.17) is 4.74 Å². The Bertz CT molecular complexity index is 1750. The van der Waals surface area contributed by atoms with E-state index in [1.807, 2.05) is 0 Å². The molecule has 0 spiro atoms. The number of hydrogen-bond acceptors (Lipinski definition) is 6. The lowest BCUT2D eigenvalue weighted by molar-refractivity contribution is -0.143. The highest BCUT2D eigenvalue weighted by Crippen LogP contribution is 2.28. The Labute approximate surface area is 256 Å². The van der Waals surface area contributed by atoms with Gasteiger partial charge in [0.1, 0.15) is 40.6 Å². The summed E-state index contributed by atoms with van der Waals surface area (Å²) in [5.41, 5.74) is -1.96. The highest BCUT2D eigenvalue weighted by molar-refractivity contribution is 6.12. The van der Waals surface area contributed by atoms with Crippen LogP contribution in [0.3, 0.4) is 0 Å². The van der Waals surface area contributed by atoms with Gasteiger partial charge in [0.2, 0.25) is 5.56 Å². The third-order valence-electron chi connectivity index (χ3n) is 6.54. The maximum atomic E-state index is 15.5. The van der Waals surface area contributed by atoms with E-state index in [9.17, 15) is 28.7 Å². The van der Waals surface area contributed by atoms with Gasteiger partial charge in [0, 0.05) is 18.1 Å². The van der Waals surface area contributed by atoms with Crippen molar-refractivity contribution < 1.29 is 37.4 Å². The Morgan fingerprint density at radius 2 is 1.53 bits per heavy atom. The second kappa shape index (κ2) is 13.5. The first kappa shape index (κ1) is 32.5. The fraction of sp³-hybridized carbons (Fsp3) is 0.212. The third kappa shape index (κ3) is 8.37. The van der Waals surface area contributed by atoms with Crippen LogP contribution in [0.25, 0.3) is 0 Å². The number of carbonyl (C=O) groups is 3. The molecule has 0 bridgehead atoms. The molecule has 1 amide bonds. The van der Waals surface area contributed by atoms with Crippen LogP contribution in [-0.2, 0) is 22.5 Å². The molecule has 1 heterocycles. The molecule has 0 fully saturated rings. The summed E-state index contributed by atoms with van der Waals surface area (Å²) in [6.07, 6.45) is -1.11. The van der Waals surface area contributed by atoms with Crippen molar-refractivity contribution in [2.45, 2.75) is 45.4 Å². The standard InChI is InChI=1S/C33H30F3N3O6/c1-33(2,3)45-32(44)39(26(31(42)43)17-19-7-5-4-6-8-19)18-20-15-24(35)28(25(36)16-20)38-30-23(13-14-27(40)37-30)29(41)21-9-11-22(34)12-10-21/h4-16,26H,17-18H2,1-3H3,(H,42,43)(H2,37,38,40)/t26-/m0/s1. The number of ether oxygens (including phenoxy) is 1. The van der Waals surface area contributed by atoms with E-state index >= 15 is 8.78 Å². The van der Waals surface area contributed by atoms with Gasteiger partial charge in [-0.25, -0.2) is 22.8 Å². The predicted molar refractivity (Wildman–Crippen MR) is 160 cm³/mol. The smallest absolute Gasteiger partial charge is 0.411 e. The van der Waals surface area contributed by atoms with E-state index < -0.39 is 64.7 Å². The van der Waals surface area contributed by atoms with Crippen molar-refractivity contribution in [1.82, 2.24) is 9.88 Å². The number of rotatable bonds is 10. The van der Waals surface area contributed by atoms with Crippen molar-refractivity contribution in [3.8, 4) is 0 Å². The van der Waals surface area contributed by atoms with Gasteiger partial charge in [-0.15, -0.1) is 0 Å². The lowest BCUT2D eigenvalue weighted by Gasteiger charge is -2.32. The number of nitrogens with zero attached hydrogens (tertiary/aromatic N) is 1. The number of pyridine rings is 1. The SMILES string of the molecule is CC(C)(C)OC(=O)N(Cc1cc(F)c(Nc2[nH]c(=O)ccc2C(=O)c2ccc(F)cc2)c(F)c1)[C@@H](Cc1ccccc1)C(=O)O. The normalized spacial score (nSPS) is 11.9. The molecule has 0 radical (unpaired) electrons. The molecule has 12 heteroatoms. The number of ketones is 1. The van der Waals surface area contributed by atoms with E-state index in [1.54, 1.807) is 51.1 Å². The molecule has 234 valence electrons. The van der Waals surface area contributed by atoms with Crippen molar-refractivity contribution in [2.75, 3.05) is 5.32 Å². The summed E-state index contributed by atoms with van der Waals surface area (Å²) in [6.45, 7) is 4.26. The first-order chi connectivity index (χ1) is 21.2. The predicted octanol–water partition coefficient (Wildman–Crippen LogP) is 6.20. The molecule has 45 heavy (non-hydrogen) atoms. The number of carbonyl (C=O) groups excluding carboxylic acids is 2. The molecule has 0 aliphatic heterocycles. The Kier molecular flexibility index (Phi) is 9.75. The summed E-state index contributed by atoms with van der Waals surface area (Å²) in [5, 5.41) is 12.5. The van der Waals surface area contributed by atoms with E-state index in [0.29, 0.717) is 5.56 Å². The number of nitrogens with one attached hydrogen (secondary N) is 2. The highest BCUT2D eigenvalue weighted by Gasteiger charge is 2.34. The topological polar surface area (TPSA) is 129 Å². The van der Waals surface area contributed by atoms with Gasteiger partial charge in [0.15, 0.2) is 5.78 Å². The Balaban J connectivity index is 1.67. The first-order valence-corrected chi connectivity index (χ1v) is 13.8. The summed E-state index contributed by atoms with van der Waals surface area (Å²) in [7, 11) is 0. The van der Waals surface area contributed by atoms with Gasteiger partial charge in [-0.05, 0) is 74.4 Å². The van der Waals surface area contributed by atoms with Gasteiger partial charge in [-0.3, -0.25) is 14.5 Å². The van der Waals surface area contributed by atoms with Crippen molar-refractivity contribution in [3.05, 3.63) is 129 Å². The lowest BCUT2D eigenvalue weighted by Crippen LogP contribution is -2.48. The van der Waals surface area contributed by atoms with Crippen molar-refractivity contribution in [2.24, 2.45) is 0 Å². The summed E-state index contributed by atoms with van der Waals surface area (Å²) in [5.74, 6) is -5.21. The maximum Gasteiger partial charge on any atom is 0.411 e. The molecular weight excluding hydrogens is 591 g/mol. The van der Waals surface area contributed by atoms with Gasteiger partial charge in [0.05, 0.1) is 12.1 Å². The summed E-state index contributed by atoms with van der Waals surface area (Å²) in [4.78, 5) is 53.9. The van der Waals surface area contributed by atoms with Crippen LogP contribution in [-0.4, -0.2) is 44.5 Å². The van der Waals surface area contributed by atoms with Crippen LogP contribution in [0.1, 0.15) is 47.8 Å². The molecule has 3 N–H and O–H groups in total. The number of hydrogen-bond donors (Lipinski definition) is 3. The quantitative estimate of drug-likeness (QED) is 0.180. The Morgan fingerprint density at radius 1 is 0.911 bits per heavy atom. The fourth-order valence-electron chi connectivity index (χ4n) is 4.47. The van der Waals surface area contributed by atoms with Crippen molar-refractivity contribution in [3.63, 3.8) is 0 Å². The highest BCUT2D eigenvalue weighted by atomic mass is 19.1. The van der Waals surface area contributed by atoms with E-state index in [0.717, 1.165) is 41.3 Å². The van der Waals surface area contributed by atoms with Crippen LogP contribution >= 0.6 is 0 Å². The van der Waals surface area contributed by atoms with Crippen LogP contribution in [0.15, 0.2) is 83.7 Å².